The summed E-state index contributed by atoms with van der Waals surface area (Å²) in [7, 11) is 0. The molecule has 2 rings (SSSR count). The summed E-state index contributed by atoms with van der Waals surface area (Å²) in [5, 5.41) is 0. The molecular weight excluding hydrogens is 200 g/mol. The van der Waals surface area contributed by atoms with Crippen LogP contribution >= 0.6 is 0 Å². The van der Waals surface area contributed by atoms with Crippen LogP contribution in [0.4, 0.5) is 0 Å². The van der Waals surface area contributed by atoms with Gasteiger partial charge >= 0.3 is 0 Å². The van der Waals surface area contributed by atoms with E-state index in [1.165, 1.54) is 0 Å². The number of hydrogen-bond donors (Lipinski definition) is 0. The molecule has 3 heteroatoms. The lowest BCUT2D eigenvalue weighted by Crippen LogP contribution is -2.06. The molecule has 0 aliphatic rings. The predicted molar refractivity (Wildman–Crippen MR) is 61.2 cm³/mol. The maximum Gasteiger partial charge on any atom is 0.170 e. The van der Waals surface area contributed by atoms with E-state index < -0.39 is 0 Å². The molecule has 0 bridgehead atoms. The number of hydrogen-bond acceptors (Lipinski definition) is 3. The molecule has 16 heavy (non-hydrogen) atoms. The van der Waals surface area contributed by atoms with Gasteiger partial charge in [0, 0.05) is 18.0 Å². The van der Waals surface area contributed by atoms with Crippen molar-refractivity contribution in [1.82, 2.24) is 9.97 Å². The number of nitrogens with zero attached hydrogens (tertiary/aromatic N) is 2. The predicted octanol–water partition coefficient (Wildman–Crippen LogP) is 2.21. The van der Waals surface area contributed by atoms with Crippen molar-refractivity contribution in [2.75, 3.05) is 0 Å². The van der Waals surface area contributed by atoms with Gasteiger partial charge in [-0.25, -0.2) is 9.97 Å². The number of aromatic nitrogens is 2. The van der Waals surface area contributed by atoms with Crippen LogP contribution in [0.5, 0.6) is 0 Å². The van der Waals surface area contributed by atoms with Crippen LogP contribution < -0.4 is 0 Å². The lowest BCUT2D eigenvalue weighted by molar-refractivity contribution is 0.0990. The molecule has 2 aromatic rings. The molecule has 0 N–H and O–H groups in total. The van der Waals surface area contributed by atoms with Gasteiger partial charge in [-0.2, -0.15) is 0 Å². The van der Waals surface area contributed by atoms with E-state index in [-0.39, 0.29) is 12.2 Å². The maximum absolute atomic E-state index is 11.9. The minimum absolute atomic E-state index is 0.0508. The molecule has 0 spiro atoms. The maximum atomic E-state index is 11.9. The minimum atomic E-state index is 0.0508. The van der Waals surface area contributed by atoms with Crippen LogP contribution in [0.3, 0.4) is 0 Å². The Labute approximate surface area is 94.2 Å². The molecule has 0 atom stereocenters. The van der Waals surface area contributed by atoms with E-state index in [0.717, 1.165) is 5.56 Å². The van der Waals surface area contributed by atoms with Crippen LogP contribution in [0, 0.1) is 6.92 Å². The van der Waals surface area contributed by atoms with E-state index in [2.05, 4.69) is 9.97 Å². The van der Waals surface area contributed by atoms with Gasteiger partial charge in [0.05, 0.1) is 6.42 Å². The van der Waals surface area contributed by atoms with Crippen molar-refractivity contribution in [2.45, 2.75) is 13.3 Å². The summed E-state index contributed by atoms with van der Waals surface area (Å²) in [5.41, 5.74) is 1.80. The summed E-state index contributed by atoms with van der Waals surface area (Å²) in [6.45, 7) is 1.97. The topological polar surface area (TPSA) is 42.9 Å². The van der Waals surface area contributed by atoms with Gasteiger partial charge in [0.15, 0.2) is 5.78 Å². The highest BCUT2D eigenvalue weighted by Crippen LogP contribution is 2.07. The summed E-state index contributed by atoms with van der Waals surface area (Å²) < 4.78 is 0. The molecule has 0 aliphatic carbocycles. The summed E-state index contributed by atoms with van der Waals surface area (Å²) in [6.07, 6.45) is 3.54. The van der Waals surface area contributed by atoms with Gasteiger partial charge in [-0.15, -0.1) is 0 Å². The Morgan fingerprint density at radius 2 is 1.94 bits per heavy atom. The third-order valence-corrected chi connectivity index (χ3v) is 2.28. The van der Waals surface area contributed by atoms with Crippen molar-refractivity contribution in [1.29, 1.82) is 0 Å². The lowest BCUT2D eigenvalue weighted by atomic mass is 10.1. The third kappa shape index (κ3) is 2.51. The Kier molecular flexibility index (Phi) is 3.05. The SMILES string of the molecule is Cc1cccc(C(=O)Cc2ncccn2)c1. The number of ketones is 1. The largest absolute Gasteiger partial charge is 0.294 e. The molecule has 0 amide bonds. The zero-order valence-corrected chi connectivity index (χ0v) is 9.05. The normalized spacial score (nSPS) is 10.1. The number of carbonyl (C=O) groups is 1. The average Bonchev–Trinajstić information content (AvgIpc) is 2.30. The van der Waals surface area contributed by atoms with Gasteiger partial charge in [-0.3, -0.25) is 4.79 Å². The molecule has 80 valence electrons. The highest BCUT2D eigenvalue weighted by molar-refractivity contribution is 5.97. The zero-order valence-electron chi connectivity index (χ0n) is 9.05. The van der Waals surface area contributed by atoms with E-state index in [9.17, 15) is 4.79 Å². The molecule has 0 aliphatic heterocycles. The Balaban J connectivity index is 2.15. The number of rotatable bonds is 3. The van der Waals surface area contributed by atoms with E-state index in [4.69, 9.17) is 0 Å². The van der Waals surface area contributed by atoms with Crippen LogP contribution in [-0.4, -0.2) is 15.8 Å². The molecule has 1 aromatic carbocycles. The first-order valence-electron chi connectivity index (χ1n) is 5.11. The van der Waals surface area contributed by atoms with Crippen molar-refractivity contribution >= 4 is 5.78 Å². The monoisotopic (exact) mass is 212 g/mol. The first kappa shape index (κ1) is 10.5. The van der Waals surface area contributed by atoms with Crippen LogP contribution in [0.2, 0.25) is 0 Å². The van der Waals surface area contributed by atoms with Crippen LogP contribution in [0.25, 0.3) is 0 Å². The summed E-state index contributed by atoms with van der Waals surface area (Å²) in [6, 6.07) is 9.29. The second kappa shape index (κ2) is 4.66. The molecular formula is C13H12N2O. The first-order valence-corrected chi connectivity index (χ1v) is 5.11. The molecule has 0 saturated heterocycles. The number of Topliss-reactive ketones (excluding diaryl/α,β-unsaturated/α-hetero) is 1. The molecule has 0 fully saturated rings. The second-order valence-corrected chi connectivity index (χ2v) is 3.63. The van der Waals surface area contributed by atoms with Crippen molar-refractivity contribution in [3.63, 3.8) is 0 Å². The molecule has 1 heterocycles. The van der Waals surface area contributed by atoms with Crippen molar-refractivity contribution in [2.24, 2.45) is 0 Å². The third-order valence-electron chi connectivity index (χ3n) is 2.28. The van der Waals surface area contributed by atoms with Gasteiger partial charge in [0.1, 0.15) is 5.82 Å². The quantitative estimate of drug-likeness (QED) is 0.732. The van der Waals surface area contributed by atoms with Crippen molar-refractivity contribution in [3.8, 4) is 0 Å². The van der Waals surface area contributed by atoms with Gasteiger partial charge < -0.3 is 0 Å². The van der Waals surface area contributed by atoms with Crippen LogP contribution in [-0.2, 0) is 6.42 Å². The fraction of sp³-hybridized carbons (Fsp3) is 0.154. The summed E-state index contributed by atoms with van der Waals surface area (Å²) in [5.74, 6) is 0.615. The Hall–Kier alpha value is -2.03. The van der Waals surface area contributed by atoms with Gasteiger partial charge in [0.2, 0.25) is 0 Å². The van der Waals surface area contributed by atoms with Crippen molar-refractivity contribution < 1.29 is 4.79 Å². The second-order valence-electron chi connectivity index (χ2n) is 3.63. The highest BCUT2D eigenvalue weighted by atomic mass is 16.1. The van der Waals surface area contributed by atoms with E-state index >= 15 is 0 Å². The molecule has 0 radical (unpaired) electrons. The number of benzene rings is 1. The van der Waals surface area contributed by atoms with Crippen molar-refractivity contribution in [3.05, 3.63) is 59.7 Å². The Morgan fingerprint density at radius 3 is 2.62 bits per heavy atom. The molecule has 0 saturated carbocycles. The molecule has 1 aromatic heterocycles. The van der Waals surface area contributed by atoms with Crippen LogP contribution in [0.15, 0.2) is 42.7 Å². The minimum Gasteiger partial charge on any atom is -0.294 e. The average molecular weight is 212 g/mol. The van der Waals surface area contributed by atoms with Gasteiger partial charge in [-0.1, -0.05) is 23.8 Å². The summed E-state index contributed by atoms with van der Waals surface area (Å²) >= 11 is 0. The van der Waals surface area contributed by atoms with Gasteiger partial charge in [0.25, 0.3) is 0 Å². The fourth-order valence-electron chi connectivity index (χ4n) is 1.49. The van der Waals surface area contributed by atoms with E-state index in [0.29, 0.717) is 11.4 Å². The highest BCUT2D eigenvalue weighted by Gasteiger charge is 2.08. The van der Waals surface area contributed by atoms with Gasteiger partial charge in [-0.05, 0) is 19.1 Å². The lowest BCUT2D eigenvalue weighted by Gasteiger charge is -2.01. The zero-order chi connectivity index (χ0) is 11.4. The fourth-order valence-corrected chi connectivity index (χ4v) is 1.49. The van der Waals surface area contributed by atoms with Crippen LogP contribution in [0.1, 0.15) is 21.7 Å². The molecule has 0 unspecified atom stereocenters. The Bertz CT molecular complexity index is 494. The van der Waals surface area contributed by atoms with E-state index in [1.807, 2.05) is 31.2 Å². The standard InChI is InChI=1S/C13H12N2O/c1-10-4-2-5-11(8-10)12(16)9-13-14-6-3-7-15-13/h2-8H,9H2,1H3. The molecule has 3 nitrogen and oxygen atoms in total. The number of carbonyl (C=O) groups excluding carboxylic acids is 1. The summed E-state index contributed by atoms with van der Waals surface area (Å²) in [4.78, 5) is 20.0. The number of aryl methyl sites for hydroxylation is 1. The first-order chi connectivity index (χ1) is 7.75. The Morgan fingerprint density at radius 1 is 1.19 bits per heavy atom. The smallest absolute Gasteiger partial charge is 0.170 e. The van der Waals surface area contributed by atoms with E-state index in [1.54, 1.807) is 18.5 Å².